The van der Waals surface area contributed by atoms with Crippen molar-refractivity contribution in [1.82, 2.24) is 15.2 Å². The topological polar surface area (TPSA) is 115 Å². The van der Waals surface area contributed by atoms with Crippen LogP contribution in [-0.2, 0) is 25.5 Å². The molecule has 2 atom stereocenters. The quantitative estimate of drug-likeness (QED) is 0.131. The van der Waals surface area contributed by atoms with Gasteiger partial charge in [0.1, 0.15) is 27.8 Å². The lowest BCUT2D eigenvalue weighted by Crippen LogP contribution is -2.70. The number of ether oxygens (including phenoxy) is 1. The average molecular weight is 673 g/mol. The van der Waals surface area contributed by atoms with Crippen LogP contribution in [0, 0.1) is 6.92 Å². The van der Waals surface area contributed by atoms with Gasteiger partial charge < -0.3 is 15.8 Å². The number of amides is 2. The Morgan fingerprint density at radius 3 is 2.22 bits per heavy atom. The van der Waals surface area contributed by atoms with Gasteiger partial charge in [0.15, 0.2) is 10.4 Å². The molecular weight excluding hydrogens is 645 g/mol. The monoisotopic (exact) mass is 672 g/mol. The third-order valence-electron chi connectivity index (χ3n) is 7.30. The van der Waals surface area contributed by atoms with Gasteiger partial charge in [-0.3, -0.25) is 14.5 Å². The van der Waals surface area contributed by atoms with E-state index in [-0.39, 0.29) is 28.9 Å². The summed E-state index contributed by atoms with van der Waals surface area (Å²) in [5, 5.41) is 2.43. The Morgan fingerprint density at radius 2 is 1.64 bits per heavy atom. The summed E-state index contributed by atoms with van der Waals surface area (Å²) in [5.41, 5.74) is 9.00. The van der Waals surface area contributed by atoms with Crippen LogP contribution >= 0.6 is 47.1 Å². The second kappa shape index (κ2) is 13.6. The van der Waals surface area contributed by atoms with Crippen LogP contribution in [-0.4, -0.2) is 49.8 Å². The number of hydrogen-bond donors (Lipinski definition) is 2. The number of carbonyl (C=O) groups excluding carboxylic acids is 3. The molecule has 12 heteroatoms. The van der Waals surface area contributed by atoms with E-state index in [2.05, 4.69) is 10.3 Å². The minimum Gasteiger partial charge on any atom is -0.448 e. The van der Waals surface area contributed by atoms with Crippen molar-refractivity contribution in [3.63, 3.8) is 0 Å². The van der Waals surface area contributed by atoms with Crippen molar-refractivity contribution in [3.05, 3.63) is 129 Å². The van der Waals surface area contributed by atoms with Crippen LogP contribution in [0.25, 0.3) is 0 Å². The van der Waals surface area contributed by atoms with Crippen molar-refractivity contribution >= 4 is 69.9 Å². The molecule has 8 nitrogen and oxygen atoms in total. The van der Waals surface area contributed by atoms with Crippen molar-refractivity contribution in [3.8, 4) is 0 Å². The fourth-order valence-corrected chi connectivity index (χ4v) is 9.18. The van der Waals surface area contributed by atoms with Crippen molar-refractivity contribution in [2.24, 2.45) is 5.73 Å². The molecule has 2 aliphatic rings. The zero-order valence-corrected chi connectivity index (χ0v) is 27.3. The lowest BCUT2D eigenvalue weighted by molar-refractivity contribution is -0.154. The van der Waals surface area contributed by atoms with E-state index in [1.807, 2.05) is 97.9 Å². The molecule has 1 fully saturated rings. The summed E-state index contributed by atoms with van der Waals surface area (Å²) in [5.74, 6) is -0.846. The fourth-order valence-electron chi connectivity index (χ4n) is 5.16. The zero-order chi connectivity index (χ0) is 31.5. The van der Waals surface area contributed by atoms with E-state index >= 15 is 0 Å². The first-order valence-corrected chi connectivity index (χ1v) is 17.2. The molecule has 45 heavy (non-hydrogen) atoms. The molecule has 228 valence electrons. The van der Waals surface area contributed by atoms with Crippen LogP contribution in [0.3, 0.4) is 0 Å². The van der Waals surface area contributed by atoms with E-state index in [0.717, 1.165) is 21.6 Å². The smallest absolute Gasteiger partial charge is 0.356 e. The Labute approximate surface area is 278 Å². The molecule has 0 aliphatic carbocycles. The molecule has 6 rings (SSSR count). The number of carbonyl (C=O) groups is 3. The van der Waals surface area contributed by atoms with Gasteiger partial charge in [0.05, 0.1) is 6.42 Å². The maximum absolute atomic E-state index is 14.2. The van der Waals surface area contributed by atoms with Gasteiger partial charge >= 0.3 is 5.97 Å². The number of rotatable bonds is 10. The number of thiocarbonyl (C=S) groups is 1. The van der Waals surface area contributed by atoms with Crippen LogP contribution in [0.5, 0.6) is 0 Å². The maximum Gasteiger partial charge on any atom is 0.356 e. The van der Waals surface area contributed by atoms with Crippen molar-refractivity contribution in [2.75, 3.05) is 5.75 Å². The van der Waals surface area contributed by atoms with Gasteiger partial charge in [0, 0.05) is 15.5 Å². The first-order valence-electron chi connectivity index (χ1n) is 14.1. The van der Waals surface area contributed by atoms with Gasteiger partial charge in [-0.05, 0) is 23.6 Å². The summed E-state index contributed by atoms with van der Waals surface area (Å²) in [6, 6.07) is 27.5. The van der Waals surface area contributed by atoms with E-state index in [4.69, 9.17) is 22.7 Å². The number of nitrogens with two attached hydrogens (primary N) is 1. The molecule has 1 aromatic heterocycles. The van der Waals surface area contributed by atoms with Gasteiger partial charge in [-0.2, -0.15) is 0 Å². The van der Waals surface area contributed by atoms with Gasteiger partial charge in [0.25, 0.3) is 5.91 Å². The fraction of sp³-hybridized carbons (Fsp3) is 0.182. The van der Waals surface area contributed by atoms with Crippen LogP contribution in [0.4, 0.5) is 0 Å². The van der Waals surface area contributed by atoms with Gasteiger partial charge in [-0.1, -0.05) is 115 Å². The summed E-state index contributed by atoms with van der Waals surface area (Å²) < 4.78 is 6.89. The Hall–Kier alpha value is -3.97. The molecule has 0 bridgehead atoms. The Morgan fingerprint density at radius 1 is 1.04 bits per heavy atom. The molecule has 0 unspecified atom stereocenters. The number of benzene rings is 3. The molecule has 3 N–H and O–H groups in total. The Bertz CT molecular complexity index is 1740. The number of nitrogens with one attached hydrogen (secondary N) is 1. The van der Waals surface area contributed by atoms with E-state index in [1.165, 1.54) is 39.8 Å². The van der Waals surface area contributed by atoms with Crippen LogP contribution in [0.1, 0.15) is 33.4 Å². The number of thiazole rings is 1. The minimum absolute atomic E-state index is 0.151. The number of aromatic nitrogens is 1. The number of esters is 1. The molecule has 0 spiro atoms. The third-order valence-corrected chi connectivity index (χ3v) is 11.1. The summed E-state index contributed by atoms with van der Waals surface area (Å²) in [4.78, 5) is 48.5. The zero-order valence-electron chi connectivity index (χ0n) is 24.0. The molecule has 3 aromatic carbocycles. The van der Waals surface area contributed by atoms with Crippen LogP contribution in [0.15, 0.2) is 106 Å². The van der Waals surface area contributed by atoms with Crippen LogP contribution < -0.4 is 11.1 Å². The predicted octanol–water partition coefficient (Wildman–Crippen LogP) is 5.36. The second-order valence-corrected chi connectivity index (χ2v) is 14.4. The normalized spacial score (nSPS) is 17.5. The van der Waals surface area contributed by atoms with E-state index in [9.17, 15) is 14.4 Å². The number of thioether (sulfide) groups is 2. The molecule has 4 aromatic rings. The van der Waals surface area contributed by atoms with Crippen molar-refractivity contribution in [1.29, 1.82) is 0 Å². The predicted molar refractivity (Wildman–Crippen MR) is 182 cm³/mol. The molecule has 3 heterocycles. The third kappa shape index (κ3) is 6.69. The van der Waals surface area contributed by atoms with Gasteiger partial charge in [-0.15, -0.1) is 23.1 Å². The Balaban J connectivity index is 1.31. The minimum atomic E-state index is -0.761. The van der Waals surface area contributed by atoms with E-state index in [0.29, 0.717) is 20.7 Å². The highest BCUT2D eigenvalue weighted by Crippen LogP contribution is 2.47. The molecule has 0 radical (unpaired) electrons. The summed E-state index contributed by atoms with van der Waals surface area (Å²) in [7, 11) is 0. The first kappa shape index (κ1) is 31.0. The number of β-lactam (4-membered cyclic amide) rings is 1. The highest BCUT2D eigenvalue weighted by atomic mass is 32.2. The van der Waals surface area contributed by atoms with E-state index < -0.39 is 23.5 Å². The lowest BCUT2D eigenvalue weighted by Gasteiger charge is -2.49. The highest BCUT2D eigenvalue weighted by Gasteiger charge is 2.55. The number of fused-ring (bicyclic) bond motifs is 1. The van der Waals surface area contributed by atoms with Crippen molar-refractivity contribution in [2.45, 2.75) is 35.2 Å². The van der Waals surface area contributed by atoms with Crippen LogP contribution in [0.2, 0.25) is 0 Å². The first-order chi connectivity index (χ1) is 21.8. The summed E-state index contributed by atoms with van der Waals surface area (Å²) in [6.07, 6.45) is -0.550. The summed E-state index contributed by atoms with van der Waals surface area (Å²) >= 11 is 9.35. The average Bonchev–Trinajstić information content (AvgIpc) is 3.43. The lowest BCUT2D eigenvalue weighted by atomic mass is 10.0. The molecular formula is C33H28N4O4S4. The standard InChI is InChI=1S/C33H28N4O4S4/c1-19-25(29(34)42)36-33(44-19)45-23-18-43-31-26(35-24(38)17-20-11-5-2-6-12-20)30(39)37(31)27(23)32(40)41-28(21-13-7-3-8-14-21)22-15-9-4-10-16-22/h2-16,26,28,31H,17-18H2,1H3,(H2,34,42)(H,35,38)/t26-,31+/m1/s1. The van der Waals surface area contributed by atoms with E-state index in [1.54, 1.807) is 0 Å². The van der Waals surface area contributed by atoms with Gasteiger partial charge in [0.2, 0.25) is 5.91 Å². The number of nitrogens with zero attached hydrogens (tertiary/aromatic N) is 2. The molecule has 1 saturated heterocycles. The second-order valence-electron chi connectivity index (χ2n) is 10.3. The molecule has 0 saturated carbocycles. The highest BCUT2D eigenvalue weighted by molar-refractivity contribution is 8.07. The molecule has 2 amide bonds. The van der Waals surface area contributed by atoms with Crippen molar-refractivity contribution < 1.29 is 19.1 Å². The number of hydrogen-bond acceptors (Lipinski definition) is 9. The SMILES string of the molecule is Cc1sc(SC2=C(C(=O)OC(c3ccccc3)c3ccccc3)N3C(=O)[C@@H](NC(=O)Cc4ccccc4)[C@@H]3SC2)nc1C(N)=S. The maximum atomic E-state index is 14.2. The largest absolute Gasteiger partial charge is 0.448 e. The Kier molecular flexibility index (Phi) is 9.36. The van der Waals surface area contributed by atoms with Gasteiger partial charge in [-0.25, -0.2) is 9.78 Å². The summed E-state index contributed by atoms with van der Waals surface area (Å²) in [6.45, 7) is 1.89. The molecule has 2 aliphatic heterocycles. The number of aryl methyl sites for hydroxylation is 1.